The fourth-order valence-corrected chi connectivity index (χ4v) is 2.42. The SMILES string of the molecule is Cc1ccc(C(Cc2ccccc2)NC(C)(C)CO)cc1. The Morgan fingerprint density at radius 3 is 2.19 bits per heavy atom. The molecule has 0 aliphatic carbocycles. The molecule has 112 valence electrons. The van der Waals surface area contributed by atoms with Crippen molar-refractivity contribution >= 4 is 0 Å². The van der Waals surface area contributed by atoms with Crippen molar-refractivity contribution in [3.05, 3.63) is 71.3 Å². The van der Waals surface area contributed by atoms with Crippen molar-refractivity contribution in [2.24, 2.45) is 0 Å². The van der Waals surface area contributed by atoms with Gasteiger partial charge >= 0.3 is 0 Å². The molecule has 0 fully saturated rings. The van der Waals surface area contributed by atoms with E-state index >= 15 is 0 Å². The van der Waals surface area contributed by atoms with E-state index in [4.69, 9.17) is 0 Å². The third kappa shape index (κ3) is 4.69. The van der Waals surface area contributed by atoms with Crippen LogP contribution in [0.3, 0.4) is 0 Å². The molecule has 2 aromatic carbocycles. The van der Waals surface area contributed by atoms with Crippen molar-refractivity contribution in [2.45, 2.75) is 38.8 Å². The van der Waals surface area contributed by atoms with E-state index in [0.29, 0.717) is 0 Å². The van der Waals surface area contributed by atoms with E-state index in [1.54, 1.807) is 0 Å². The highest BCUT2D eigenvalue weighted by Crippen LogP contribution is 2.22. The van der Waals surface area contributed by atoms with Crippen molar-refractivity contribution < 1.29 is 5.11 Å². The van der Waals surface area contributed by atoms with Crippen LogP contribution in [0.15, 0.2) is 54.6 Å². The first-order valence-corrected chi connectivity index (χ1v) is 7.49. The Bertz CT molecular complexity index is 546. The second-order valence-electron chi connectivity index (χ2n) is 6.34. The van der Waals surface area contributed by atoms with E-state index in [2.05, 4.69) is 60.8 Å². The predicted octanol–water partition coefficient (Wildman–Crippen LogP) is 3.64. The number of hydrogen-bond donors (Lipinski definition) is 2. The highest BCUT2D eigenvalue weighted by molar-refractivity contribution is 5.27. The molecule has 0 aliphatic rings. The summed E-state index contributed by atoms with van der Waals surface area (Å²) in [6.07, 6.45) is 0.910. The fraction of sp³-hybridized carbons (Fsp3) is 0.368. The molecule has 0 spiro atoms. The van der Waals surface area contributed by atoms with Gasteiger partial charge < -0.3 is 10.4 Å². The maximum absolute atomic E-state index is 9.54. The molecule has 2 N–H and O–H groups in total. The normalized spacial score (nSPS) is 13.1. The number of nitrogens with one attached hydrogen (secondary N) is 1. The van der Waals surface area contributed by atoms with Crippen molar-refractivity contribution in [1.29, 1.82) is 0 Å². The lowest BCUT2D eigenvalue weighted by molar-refractivity contribution is 0.174. The van der Waals surface area contributed by atoms with Crippen LogP contribution >= 0.6 is 0 Å². The Labute approximate surface area is 127 Å². The molecule has 1 unspecified atom stereocenters. The number of hydrogen-bond acceptors (Lipinski definition) is 2. The van der Waals surface area contributed by atoms with Crippen molar-refractivity contribution in [2.75, 3.05) is 6.61 Å². The molecule has 0 amide bonds. The van der Waals surface area contributed by atoms with E-state index in [0.717, 1.165) is 6.42 Å². The van der Waals surface area contributed by atoms with Crippen LogP contribution in [0.4, 0.5) is 0 Å². The van der Waals surface area contributed by atoms with Gasteiger partial charge in [-0.25, -0.2) is 0 Å². The van der Waals surface area contributed by atoms with Crippen LogP contribution < -0.4 is 5.32 Å². The van der Waals surface area contributed by atoms with Crippen LogP contribution in [0.2, 0.25) is 0 Å². The van der Waals surface area contributed by atoms with Gasteiger partial charge in [0.05, 0.1) is 6.61 Å². The lowest BCUT2D eigenvalue weighted by atomic mass is 9.95. The van der Waals surface area contributed by atoms with Crippen molar-refractivity contribution in [3.8, 4) is 0 Å². The summed E-state index contributed by atoms with van der Waals surface area (Å²) >= 11 is 0. The molecule has 2 heteroatoms. The van der Waals surface area contributed by atoms with Gasteiger partial charge in [0.15, 0.2) is 0 Å². The van der Waals surface area contributed by atoms with E-state index in [9.17, 15) is 5.11 Å². The first-order valence-electron chi connectivity index (χ1n) is 7.49. The molecule has 0 aromatic heterocycles. The molecule has 1 atom stereocenters. The highest BCUT2D eigenvalue weighted by Gasteiger charge is 2.22. The minimum Gasteiger partial charge on any atom is -0.394 e. The largest absolute Gasteiger partial charge is 0.394 e. The smallest absolute Gasteiger partial charge is 0.0608 e. The molecular weight excluding hydrogens is 258 g/mol. The minimum absolute atomic E-state index is 0.115. The van der Waals surface area contributed by atoms with Crippen molar-refractivity contribution in [3.63, 3.8) is 0 Å². The average molecular weight is 283 g/mol. The first-order chi connectivity index (χ1) is 10.00. The number of benzene rings is 2. The maximum Gasteiger partial charge on any atom is 0.0608 e. The topological polar surface area (TPSA) is 32.3 Å². The number of rotatable bonds is 6. The van der Waals surface area contributed by atoms with E-state index < -0.39 is 0 Å². The van der Waals surface area contributed by atoms with Gasteiger partial charge in [0.2, 0.25) is 0 Å². The summed E-state index contributed by atoms with van der Waals surface area (Å²) < 4.78 is 0. The van der Waals surface area contributed by atoms with Crippen LogP contribution in [-0.2, 0) is 6.42 Å². The van der Waals surface area contributed by atoms with Crippen LogP contribution in [0, 0.1) is 6.92 Å². The van der Waals surface area contributed by atoms with Crippen LogP contribution in [0.25, 0.3) is 0 Å². The van der Waals surface area contributed by atoms with E-state index in [1.807, 2.05) is 19.9 Å². The zero-order valence-electron chi connectivity index (χ0n) is 13.1. The van der Waals surface area contributed by atoms with E-state index in [-0.39, 0.29) is 18.2 Å². The summed E-state index contributed by atoms with van der Waals surface area (Å²) in [4.78, 5) is 0. The molecular formula is C19H25NO. The lowest BCUT2D eigenvalue weighted by Crippen LogP contribution is -2.45. The second kappa shape index (κ2) is 6.88. The van der Waals surface area contributed by atoms with Gasteiger partial charge in [0, 0.05) is 11.6 Å². The van der Waals surface area contributed by atoms with Gasteiger partial charge in [-0.05, 0) is 38.3 Å². The van der Waals surface area contributed by atoms with Crippen LogP contribution in [0.1, 0.15) is 36.6 Å². The van der Waals surface area contributed by atoms with Gasteiger partial charge in [-0.1, -0.05) is 60.2 Å². The number of aliphatic hydroxyl groups is 1. The summed E-state index contributed by atoms with van der Waals surface area (Å²) in [5.74, 6) is 0. The molecule has 0 heterocycles. The summed E-state index contributed by atoms with van der Waals surface area (Å²) in [6, 6.07) is 19.3. The Morgan fingerprint density at radius 1 is 1.00 bits per heavy atom. The summed E-state index contributed by atoms with van der Waals surface area (Å²) in [6.45, 7) is 6.27. The zero-order chi connectivity index (χ0) is 15.3. The van der Waals surface area contributed by atoms with Crippen molar-refractivity contribution in [1.82, 2.24) is 5.32 Å². The monoisotopic (exact) mass is 283 g/mol. The molecule has 2 aromatic rings. The standard InChI is InChI=1S/C19H25NO/c1-15-9-11-17(12-10-15)18(20-19(2,3)14-21)13-16-7-5-4-6-8-16/h4-12,18,20-21H,13-14H2,1-3H3. The molecule has 0 saturated carbocycles. The highest BCUT2D eigenvalue weighted by atomic mass is 16.3. The zero-order valence-corrected chi connectivity index (χ0v) is 13.1. The Kier molecular flexibility index (Phi) is 5.16. The Hall–Kier alpha value is -1.64. The molecule has 0 aliphatic heterocycles. The number of aliphatic hydroxyl groups excluding tert-OH is 1. The first kappa shape index (κ1) is 15.7. The summed E-state index contributed by atoms with van der Waals surface area (Å²) in [5, 5.41) is 13.1. The van der Waals surface area contributed by atoms with Crippen LogP contribution in [-0.4, -0.2) is 17.3 Å². The quantitative estimate of drug-likeness (QED) is 0.848. The molecule has 2 nitrogen and oxygen atoms in total. The minimum atomic E-state index is -0.301. The summed E-state index contributed by atoms with van der Waals surface area (Å²) in [7, 11) is 0. The van der Waals surface area contributed by atoms with E-state index in [1.165, 1.54) is 16.7 Å². The molecule has 0 radical (unpaired) electrons. The molecule has 21 heavy (non-hydrogen) atoms. The Balaban J connectivity index is 2.23. The predicted molar refractivity (Wildman–Crippen MR) is 88.4 cm³/mol. The molecule has 2 rings (SSSR count). The third-order valence-corrected chi connectivity index (χ3v) is 3.72. The maximum atomic E-state index is 9.54. The van der Waals surface area contributed by atoms with Gasteiger partial charge in [0.25, 0.3) is 0 Å². The lowest BCUT2D eigenvalue weighted by Gasteiger charge is -2.31. The van der Waals surface area contributed by atoms with Gasteiger partial charge in [-0.3, -0.25) is 0 Å². The van der Waals surface area contributed by atoms with Crippen LogP contribution in [0.5, 0.6) is 0 Å². The second-order valence-corrected chi connectivity index (χ2v) is 6.34. The van der Waals surface area contributed by atoms with Gasteiger partial charge in [0.1, 0.15) is 0 Å². The Morgan fingerprint density at radius 2 is 1.62 bits per heavy atom. The average Bonchev–Trinajstić information content (AvgIpc) is 2.48. The third-order valence-electron chi connectivity index (χ3n) is 3.72. The number of aryl methyl sites for hydroxylation is 1. The molecule has 0 bridgehead atoms. The van der Waals surface area contributed by atoms with Gasteiger partial charge in [-0.15, -0.1) is 0 Å². The molecule has 0 saturated heterocycles. The fourth-order valence-electron chi connectivity index (χ4n) is 2.42. The van der Waals surface area contributed by atoms with Gasteiger partial charge in [-0.2, -0.15) is 0 Å². The summed E-state index contributed by atoms with van der Waals surface area (Å²) in [5.41, 5.74) is 3.51.